The van der Waals surface area contributed by atoms with E-state index in [2.05, 4.69) is 93.9 Å². The first kappa shape index (κ1) is 23.7. The second kappa shape index (κ2) is 10.2. The van der Waals surface area contributed by atoms with Crippen LogP contribution in [0.1, 0.15) is 35.5 Å². The van der Waals surface area contributed by atoms with E-state index in [-0.39, 0.29) is 11.4 Å². The van der Waals surface area contributed by atoms with Crippen molar-refractivity contribution in [1.29, 1.82) is 0 Å². The number of hydrogen-bond donors (Lipinski definition) is 3. The van der Waals surface area contributed by atoms with Gasteiger partial charge >= 0.3 is 6.03 Å². The van der Waals surface area contributed by atoms with E-state index in [0.717, 1.165) is 46.8 Å². The van der Waals surface area contributed by atoms with Crippen molar-refractivity contribution in [3.8, 4) is 0 Å². The molecule has 2 amide bonds. The van der Waals surface area contributed by atoms with Gasteiger partial charge < -0.3 is 15.5 Å². The Morgan fingerprint density at radius 1 is 1.12 bits per heavy atom. The van der Waals surface area contributed by atoms with Crippen LogP contribution < -0.4 is 20.9 Å². The fourth-order valence-electron chi connectivity index (χ4n) is 4.10. The predicted molar refractivity (Wildman–Crippen MR) is 141 cm³/mol. The molecular formula is C25H30BrN5OS. The fraction of sp³-hybridized carbons (Fsp3) is 0.360. The van der Waals surface area contributed by atoms with Crippen molar-refractivity contribution < 1.29 is 4.79 Å². The second-order valence-corrected chi connectivity index (χ2v) is 10.9. The molecule has 8 heteroatoms. The zero-order valence-electron chi connectivity index (χ0n) is 19.2. The second-order valence-electron chi connectivity index (χ2n) is 8.77. The van der Waals surface area contributed by atoms with Gasteiger partial charge in [0.05, 0.1) is 5.69 Å². The molecule has 0 spiro atoms. The van der Waals surface area contributed by atoms with Crippen molar-refractivity contribution in [2.24, 2.45) is 0 Å². The van der Waals surface area contributed by atoms with E-state index >= 15 is 0 Å². The van der Waals surface area contributed by atoms with Gasteiger partial charge in [-0.25, -0.2) is 9.78 Å². The Bertz CT molecular complexity index is 1090. The minimum absolute atomic E-state index is 0.247. The number of thiazole rings is 1. The van der Waals surface area contributed by atoms with Gasteiger partial charge in [0.25, 0.3) is 0 Å². The molecule has 0 bridgehead atoms. The van der Waals surface area contributed by atoms with E-state index < -0.39 is 0 Å². The molecule has 174 valence electrons. The lowest BCUT2D eigenvalue weighted by atomic mass is 9.81. The van der Waals surface area contributed by atoms with Crippen molar-refractivity contribution in [1.82, 2.24) is 15.6 Å². The van der Waals surface area contributed by atoms with E-state index in [9.17, 15) is 4.79 Å². The van der Waals surface area contributed by atoms with Gasteiger partial charge in [0.2, 0.25) is 0 Å². The van der Waals surface area contributed by atoms with Gasteiger partial charge in [-0.2, -0.15) is 0 Å². The maximum absolute atomic E-state index is 12.5. The van der Waals surface area contributed by atoms with Gasteiger partial charge in [-0.1, -0.05) is 54.0 Å². The molecule has 1 aliphatic heterocycles. The van der Waals surface area contributed by atoms with Crippen molar-refractivity contribution >= 4 is 44.1 Å². The summed E-state index contributed by atoms with van der Waals surface area (Å²) in [6.07, 6.45) is 0. The molecule has 0 radical (unpaired) electrons. The van der Waals surface area contributed by atoms with Crippen LogP contribution in [0, 0.1) is 6.92 Å². The summed E-state index contributed by atoms with van der Waals surface area (Å²) in [5.41, 5.74) is 4.19. The van der Waals surface area contributed by atoms with E-state index in [0.29, 0.717) is 11.7 Å². The number of aryl methyl sites for hydroxylation is 1. The summed E-state index contributed by atoms with van der Waals surface area (Å²) < 4.78 is 1.05. The first-order valence-electron chi connectivity index (χ1n) is 11.2. The number of piperazine rings is 1. The quantitative estimate of drug-likeness (QED) is 0.408. The number of nitrogens with zero attached hydrogens (tertiary/aromatic N) is 2. The number of benzene rings is 2. The van der Waals surface area contributed by atoms with Gasteiger partial charge in [0, 0.05) is 53.2 Å². The Balaban J connectivity index is 1.35. The monoisotopic (exact) mass is 527 g/mol. The zero-order valence-corrected chi connectivity index (χ0v) is 21.6. The largest absolute Gasteiger partial charge is 0.369 e. The number of carbonyl (C=O) groups excluding carboxylic acids is 1. The molecule has 1 saturated heterocycles. The maximum atomic E-state index is 12.5. The van der Waals surface area contributed by atoms with Crippen LogP contribution in [0.5, 0.6) is 0 Å². The number of halogens is 1. The number of amides is 2. The first-order chi connectivity index (χ1) is 15.8. The normalized spacial score (nSPS) is 14.2. The number of hydrogen-bond acceptors (Lipinski definition) is 5. The molecular weight excluding hydrogens is 498 g/mol. The Hall–Kier alpha value is -2.42. The molecule has 6 nitrogen and oxygen atoms in total. The molecule has 3 N–H and O–H groups in total. The highest BCUT2D eigenvalue weighted by Crippen LogP contribution is 2.37. The highest BCUT2D eigenvalue weighted by Gasteiger charge is 2.28. The highest BCUT2D eigenvalue weighted by molar-refractivity contribution is 9.10. The molecule has 1 fully saturated rings. The molecule has 4 rings (SSSR count). The zero-order chi connectivity index (χ0) is 23.4. The van der Waals surface area contributed by atoms with E-state index in [1.165, 1.54) is 22.6 Å². The number of aromatic nitrogens is 1. The van der Waals surface area contributed by atoms with Gasteiger partial charge in [0.1, 0.15) is 0 Å². The van der Waals surface area contributed by atoms with Crippen LogP contribution in [0.4, 0.5) is 15.6 Å². The third-order valence-corrected chi connectivity index (χ3v) is 7.46. The topological polar surface area (TPSA) is 69.3 Å². The fourth-order valence-corrected chi connectivity index (χ4v) is 5.34. The number of urea groups is 1. The minimum Gasteiger partial charge on any atom is -0.369 e. The van der Waals surface area contributed by atoms with Crippen LogP contribution in [0.15, 0.2) is 53.0 Å². The molecule has 2 aromatic carbocycles. The highest BCUT2D eigenvalue weighted by atomic mass is 79.9. The van der Waals surface area contributed by atoms with Gasteiger partial charge in [-0.15, -0.1) is 11.3 Å². The molecule has 0 unspecified atom stereocenters. The third-order valence-electron chi connectivity index (χ3n) is 6.05. The Labute approximate surface area is 207 Å². The summed E-state index contributed by atoms with van der Waals surface area (Å²) >= 11 is 5.00. The molecule has 0 aliphatic carbocycles. The summed E-state index contributed by atoms with van der Waals surface area (Å²) in [4.78, 5) is 20.7. The lowest BCUT2D eigenvalue weighted by Crippen LogP contribution is -2.43. The number of carbonyl (C=O) groups is 1. The predicted octanol–water partition coefficient (Wildman–Crippen LogP) is 5.27. The van der Waals surface area contributed by atoms with Gasteiger partial charge in [-0.05, 0) is 42.3 Å². The van der Waals surface area contributed by atoms with E-state index in [1.54, 1.807) is 0 Å². The standard InChI is InChI=1S/C25H30BrN5OS/c1-17-22(25(2,3)19-6-8-20(26)9-7-19)29-24(33-17)30-23(32)28-16-18-4-10-21(11-5-18)31-14-12-27-13-15-31/h4-11,27H,12-16H2,1-3H3,(H2,28,29,30,32). The average Bonchev–Trinajstić information content (AvgIpc) is 3.19. The Morgan fingerprint density at radius 3 is 2.45 bits per heavy atom. The van der Waals surface area contributed by atoms with Crippen molar-refractivity contribution in [3.05, 3.63) is 74.7 Å². The van der Waals surface area contributed by atoms with Crippen LogP contribution in [-0.2, 0) is 12.0 Å². The number of anilines is 2. The van der Waals surface area contributed by atoms with Crippen LogP contribution in [0.3, 0.4) is 0 Å². The average molecular weight is 529 g/mol. The molecule has 1 aromatic heterocycles. The molecule has 0 saturated carbocycles. The molecule has 0 atom stereocenters. The maximum Gasteiger partial charge on any atom is 0.321 e. The Kier molecular flexibility index (Phi) is 7.36. The van der Waals surface area contributed by atoms with Gasteiger partial charge in [-0.3, -0.25) is 5.32 Å². The first-order valence-corrected chi connectivity index (χ1v) is 12.8. The van der Waals surface area contributed by atoms with Crippen molar-refractivity contribution in [3.63, 3.8) is 0 Å². The minimum atomic E-state index is -0.260. The molecule has 3 aromatic rings. The smallest absolute Gasteiger partial charge is 0.321 e. The summed E-state index contributed by atoms with van der Waals surface area (Å²) in [7, 11) is 0. The summed E-state index contributed by atoms with van der Waals surface area (Å²) in [5.74, 6) is 0. The van der Waals surface area contributed by atoms with Crippen molar-refractivity contribution in [2.75, 3.05) is 36.4 Å². The van der Waals surface area contributed by atoms with Crippen LogP contribution >= 0.6 is 27.3 Å². The summed E-state index contributed by atoms with van der Waals surface area (Å²) in [6, 6.07) is 16.5. The van der Waals surface area contributed by atoms with Crippen LogP contribution in [0.25, 0.3) is 0 Å². The number of rotatable bonds is 6. The Morgan fingerprint density at radius 2 is 1.79 bits per heavy atom. The van der Waals surface area contributed by atoms with Crippen molar-refractivity contribution in [2.45, 2.75) is 32.7 Å². The summed E-state index contributed by atoms with van der Waals surface area (Å²) in [6.45, 7) is 10.9. The van der Waals surface area contributed by atoms with Crippen LogP contribution in [-0.4, -0.2) is 37.2 Å². The molecule has 2 heterocycles. The third kappa shape index (κ3) is 5.75. The summed E-state index contributed by atoms with van der Waals surface area (Å²) in [5, 5.41) is 9.82. The molecule has 1 aliphatic rings. The van der Waals surface area contributed by atoms with Gasteiger partial charge in [0.15, 0.2) is 5.13 Å². The SMILES string of the molecule is Cc1sc(NC(=O)NCc2ccc(N3CCNCC3)cc2)nc1C(C)(C)c1ccc(Br)cc1. The lowest BCUT2D eigenvalue weighted by Gasteiger charge is -2.29. The number of nitrogens with one attached hydrogen (secondary N) is 3. The lowest BCUT2D eigenvalue weighted by molar-refractivity contribution is 0.251. The van der Waals surface area contributed by atoms with Crippen LogP contribution in [0.2, 0.25) is 0 Å². The van der Waals surface area contributed by atoms with E-state index in [1.807, 2.05) is 12.1 Å². The van der Waals surface area contributed by atoms with E-state index in [4.69, 9.17) is 4.98 Å². The molecule has 33 heavy (non-hydrogen) atoms.